The Balaban J connectivity index is 2.43. The zero-order valence-electron chi connectivity index (χ0n) is 10.6. The van der Waals surface area contributed by atoms with Gasteiger partial charge in [-0.05, 0) is 25.1 Å². The molecule has 0 aromatic heterocycles. The van der Waals surface area contributed by atoms with Gasteiger partial charge in [0.05, 0.1) is 10.0 Å². The van der Waals surface area contributed by atoms with Crippen molar-refractivity contribution in [2.45, 2.75) is 25.2 Å². The average molecular weight is 341 g/mol. The summed E-state index contributed by atoms with van der Waals surface area (Å²) in [7, 11) is 0. The molecule has 0 fully saturated rings. The lowest BCUT2D eigenvalue weighted by molar-refractivity contribution is -0.297. The van der Waals surface area contributed by atoms with Crippen molar-refractivity contribution in [3.8, 4) is 0 Å². The van der Waals surface area contributed by atoms with Crippen molar-refractivity contribution in [1.82, 2.24) is 5.01 Å². The summed E-state index contributed by atoms with van der Waals surface area (Å²) in [4.78, 5) is 12.2. The average Bonchev–Trinajstić information content (AvgIpc) is 2.68. The predicted molar refractivity (Wildman–Crippen MR) is 71.4 cm³/mol. The minimum Gasteiger partial charge on any atom is -0.362 e. The molecular weight excluding hydrogens is 332 g/mol. The van der Waals surface area contributed by atoms with Gasteiger partial charge in [0.2, 0.25) is 0 Å². The van der Waals surface area contributed by atoms with Crippen molar-refractivity contribution < 1.29 is 23.1 Å². The molecule has 1 aromatic carbocycles. The Morgan fingerprint density at radius 3 is 2.52 bits per heavy atom. The molecule has 1 aliphatic heterocycles. The van der Waals surface area contributed by atoms with Gasteiger partial charge in [-0.3, -0.25) is 4.79 Å². The summed E-state index contributed by atoms with van der Waals surface area (Å²) in [6.45, 7) is 1.29. The van der Waals surface area contributed by atoms with Gasteiger partial charge in [-0.15, -0.1) is 0 Å². The van der Waals surface area contributed by atoms with Crippen LogP contribution in [0.4, 0.5) is 13.2 Å². The maximum absolute atomic E-state index is 13.0. The molecule has 0 spiro atoms. The zero-order valence-corrected chi connectivity index (χ0v) is 12.1. The molecule has 0 unspecified atom stereocenters. The Morgan fingerprint density at radius 2 is 2.00 bits per heavy atom. The van der Waals surface area contributed by atoms with E-state index in [1.807, 2.05) is 0 Å². The lowest BCUT2D eigenvalue weighted by Gasteiger charge is -2.32. The maximum Gasteiger partial charge on any atom is 0.438 e. The molecule has 1 N–H and O–H groups in total. The van der Waals surface area contributed by atoms with Crippen LogP contribution in [-0.4, -0.2) is 33.6 Å². The van der Waals surface area contributed by atoms with Crippen LogP contribution in [0.1, 0.15) is 23.7 Å². The van der Waals surface area contributed by atoms with E-state index >= 15 is 0 Å². The van der Waals surface area contributed by atoms with Crippen molar-refractivity contribution in [1.29, 1.82) is 0 Å². The molecule has 4 nitrogen and oxygen atoms in total. The van der Waals surface area contributed by atoms with E-state index < -0.39 is 24.2 Å². The molecule has 1 aromatic rings. The maximum atomic E-state index is 13.0. The van der Waals surface area contributed by atoms with Crippen LogP contribution < -0.4 is 0 Å². The summed E-state index contributed by atoms with van der Waals surface area (Å²) >= 11 is 11.4. The van der Waals surface area contributed by atoms with Crippen LogP contribution in [0.2, 0.25) is 10.0 Å². The molecule has 0 radical (unpaired) electrons. The first-order chi connectivity index (χ1) is 9.56. The molecule has 0 aliphatic carbocycles. The predicted octanol–water partition coefficient (Wildman–Crippen LogP) is 3.47. The van der Waals surface area contributed by atoms with Gasteiger partial charge in [-0.2, -0.15) is 23.3 Å². The van der Waals surface area contributed by atoms with Gasteiger partial charge < -0.3 is 5.11 Å². The number of rotatable bonds is 1. The van der Waals surface area contributed by atoms with Gasteiger partial charge >= 0.3 is 6.18 Å². The smallest absolute Gasteiger partial charge is 0.362 e. The first-order valence-corrected chi connectivity index (χ1v) is 6.44. The zero-order chi connectivity index (χ0) is 16.0. The van der Waals surface area contributed by atoms with E-state index in [0.29, 0.717) is 0 Å². The van der Waals surface area contributed by atoms with Crippen LogP contribution in [0, 0.1) is 0 Å². The summed E-state index contributed by atoms with van der Waals surface area (Å²) < 4.78 is 39.1. The molecular formula is C12H9Cl2F3N2O2. The number of halogens is 5. The Labute approximate surface area is 127 Å². The molecule has 21 heavy (non-hydrogen) atoms. The van der Waals surface area contributed by atoms with E-state index in [1.165, 1.54) is 19.1 Å². The molecule has 1 atom stereocenters. The fourth-order valence-electron chi connectivity index (χ4n) is 1.91. The lowest BCUT2D eigenvalue weighted by atomic mass is 10.1. The van der Waals surface area contributed by atoms with Crippen LogP contribution in [0.3, 0.4) is 0 Å². The fourth-order valence-corrected chi connectivity index (χ4v) is 2.20. The molecule has 0 bridgehead atoms. The van der Waals surface area contributed by atoms with Gasteiger partial charge in [-0.1, -0.05) is 23.2 Å². The lowest BCUT2D eigenvalue weighted by Crippen LogP contribution is -2.56. The van der Waals surface area contributed by atoms with Crippen LogP contribution in [0.5, 0.6) is 0 Å². The van der Waals surface area contributed by atoms with Crippen molar-refractivity contribution in [3.63, 3.8) is 0 Å². The van der Waals surface area contributed by atoms with Crippen molar-refractivity contribution >= 4 is 34.8 Å². The number of hydrogen-bond donors (Lipinski definition) is 1. The highest BCUT2D eigenvalue weighted by Gasteiger charge is 2.62. The van der Waals surface area contributed by atoms with E-state index in [0.717, 1.165) is 6.07 Å². The normalized spacial score (nSPS) is 22.4. The Kier molecular flexibility index (Phi) is 3.94. The van der Waals surface area contributed by atoms with E-state index in [9.17, 15) is 23.1 Å². The third-order valence-corrected chi connectivity index (χ3v) is 3.68. The number of hydrazone groups is 1. The van der Waals surface area contributed by atoms with E-state index in [2.05, 4.69) is 5.10 Å². The minimum absolute atomic E-state index is 0.0109. The van der Waals surface area contributed by atoms with Gasteiger partial charge in [0.1, 0.15) is 0 Å². The Bertz CT molecular complexity index is 633. The van der Waals surface area contributed by atoms with E-state index in [4.69, 9.17) is 23.2 Å². The number of carbonyl (C=O) groups is 1. The monoisotopic (exact) mass is 340 g/mol. The highest BCUT2D eigenvalue weighted by molar-refractivity contribution is 6.42. The van der Waals surface area contributed by atoms with Crippen molar-refractivity contribution in [2.75, 3.05) is 0 Å². The van der Waals surface area contributed by atoms with Crippen molar-refractivity contribution in [2.24, 2.45) is 5.10 Å². The van der Waals surface area contributed by atoms with Crippen LogP contribution >= 0.6 is 23.2 Å². The number of aliphatic hydroxyl groups is 1. The first-order valence-electron chi connectivity index (χ1n) is 5.69. The van der Waals surface area contributed by atoms with Gasteiger partial charge in [0.25, 0.3) is 11.6 Å². The Morgan fingerprint density at radius 1 is 1.38 bits per heavy atom. The van der Waals surface area contributed by atoms with Gasteiger partial charge in [0, 0.05) is 17.7 Å². The summed E-state index contributed by atoms with van der Waals surface area (Å²) in [6, 6.07) is 3.60. The van der Waals surface area contributed by atoms with E-state index in [1.54, 1.807) is 0 Å². The number of hydrogen-bond acceptors (Lipinski definition) is 3. The fraction of sp³-hybridized carbons (Fsp3) is 0.333. The second kappa shape index (κ2) is 5.15. The summed E-state index contributed by atoms with van der Waals surface area (Å²) in [5, 5.41) is 13.5. The van der Waals surface area contributed by atoms with Crippen molar-refractivity contribution in [3.05, 3.63) is 33.8 Å². The number of alkyl halides is 3. The summed E-state index contributed by atoms with van der Waals surface area (Å²) in [5.74, 6) is -1.12. The number of benzene rings is 1. The van der Waals surface area contributed by atoms with E-state index in [-0.39, 0.29) is 26.3 Å². The van der Waals surface area contributed by atoms with Crippen LogP contribution in [0.25, 0.3) is 0 Å². The largest absolute Gasteiger partial charge is 0.438 e. The van der Waals surface area contributed by atoms with Gasteiger partial charge in [-0.25, -0.2) is 0 Å². The van der Waals surface area contributed by atoms with Crippen LogP contribution in [-0.2, 0) is 0 Å². The molecule has 1 aliphatic rings. The number of amides is 1. The van der Waals surface area contributed by atoms with Gasteiger partial charge in [0.15, 0.2) is 0 Å². The first kappa shape index (κ1) is 16.1. The Hall–Kier alpha value is -1.31. The SMILES string of the molecule is CC1=NN(C(=O)c2ccc(Cl)c(Cl)c2)[C@@](O)(C(F)(F)F)C1. The van der Waals surface area contributed by atoms with Crippen LogP contribution in [0.15, 0.2) is 23.3 Å². The molecule has 0 saturated heterocycles. The third-order valence-electron chi connectivity index (χ3n) is 2.94. The third kappa shape index (κ3) is 2.73. The quantitative estimate of drug-likeness (QED) is 0.851. The minimum atomic E-state index is -5.04. The molecule has 9 heteroatoms. The molecule has 0 saturated carbocycles. The highest BCUT2D eigenvalue weighted by atomic mass is 35.5. The number of carbonyl (C=O) groups excluding carboxylic acids is 1. The molecule has 1 amide bonds. The molecule has 114 valence electrons. The topological polar surface area (TPSA) is 52.9 Å². The summed E-state index contributed by atoms with van der Waals surface area (Å²) in [5.41, 5.74) is -3.53. The second-order valence-corrected chi connectivity index (χ2v) is 5.39. The summed E-state index contributed by atoms with van der Waals surface area (Å²) in [6.07, 6.45) is -5.84. The second-order valence-electron chi connectivity index (χ2n) is 4.57. The molecule has 2 rings (SSSR count). The highest BCUT2D eigenvalue weighted by Crippen LogP contribution is 2.41. The molecule has 1 heterocycles. The number of nitrogens with zero attached hydrogens (tertiary/aromatic N) is 2. The standard InChI is InChI=1S/C12H9Cl2F3N2O2/c1-6-5-11(21,12(15,16)17)19(18-6)10(20)7-2-3-8(13)9(14)4-7/h2-4,21H,5H2,1H3/t11-/m0/s1.